The lowest BCUT2D eigenvalue weighted by atomic mass is 10.1. The quantitative estimate of drug-likeness (QED) is 0.663. The maximum Gasteiger partial charge on any atom is 0.255 e. The molecule has 1 fully saturated rings. The molecule has 10 heteroatoms. The van der Waals surface area contributed by atoms with Crippen LogP contribution < -0.4 is 0 Å². The van der Waals surface area contributed by atoms with Crippen LogP contribution in [0.15, 0.2) is 47.4 Å². The fraction of sp³-hybridized carbons (Fsp3) is 0.300. The third-order valence-electron chi connectivity index (χ3n) is 5.00. The standard InChI is InChI=1S/C20H19ClF2N2O4S/c1-13(30(28,29)16-5-2-14(22)3-6-16)19(26)24-8-10-25(11-9-24)20(27)17-7-4-15(23)12-18(17)21/h2-7,12-13H,8-11H2,1H3. The zero-order chi connectivity index (χ0) is 22.1. The van der Waals surface area contributed by atoms with Gasteiger partial charge in [-0.3, -0.25) is 9.59 Å². The van der Waals surface area contributed by atoms with Crippen LogP contribution in [0.25, 0.3) is 0 Å². The molecule has 0 saturated carbocycles. The van der Waals surface area contributed by atoms with E-state index in [1.807, 2.05) is 0 Å². The van der Waals surface area contributed by atoms with E-state index >= 15 is 0 Å². The normalized spacial score (nSPS) is 15.7. The number of amides is 2. The molecule has 0 aromatic heterocycles. The molecule has 1 heterocycles. The molecule has 1 aliphatic heterocycles. The lowest BCUT2D eigenvalue weighted by molar-refractivity contribution is -0.131. The lowest BCUT2D eigenvalue weighted by Crippen LogP contribution is -2.53. The van der Waals surface area contributed by atoms with Crippen LogP contribution in [0.1, 0.15) is 17.3 Å². The Morgan fingerprint density at radius 1 is 0.933 bits per heavy atom. The largest absolute Gasteiger partial charge is 0.338 e. The predicted octanol–water partition coefficient (Wildman–Crippen LogP) is 2.77. The Morgan fingerprint density at radius 3 is 2.03 bits per heavy atom. The van der Waals surface area contributed by atoms with Gasteiger partial charge in [-0.05, 0) is 49.4 Å². The Balaban J connectivity index is 1.66. The second kappa shape index (κ2) is 8.69. The van der Waals surface area contributed by atoms with Gasteiger partial charge in [0.2, 0.25) is 5.91 Å². The summed E-state index contributed by atoms with van der Waals surface area (Å²) in [6.07, 6.45) is 0. The maximum atomic E-state index is 13.2. The van der Waals surface area contributed by atoms with Gasteiger partial charge in [-0.2, -0.15) is 0 Å². The Labute approximate surface area is 178 Å². The van der Waals surface area contributed by atoms with Crippen molar-refractivity contribution in [2.45, 2.75) is 17.1 Å². The molecule has 1 unspecified atom stereocenters. The van der Waals surface area contributed by atoms with Crippen molar-refractivity contribution in [2.24, 2.45) is 0 Å². The number of hydrogen-bond donors (Lipinski definition) is 0. The van der Waals surface area contributed by atoms with Crippen LogP contribution in [0.3, 0.4) is 0 Å². The van der Waals surface area contributed by atoms with Crippen molar-refractivity contribution in [1.82, 2.24) is 9.80 Å². The molecular formula is C20H19ClF2N2O4S. The maximum absolute atomic E-state index is 13.2. The molecule has 2 aromatic rings. The summed E-state index contributed by atoms with van der Waals surface area (Å²) >= 11 is 5.94. The van der Waals surface area contributed by atoms with Gasteiger partial charge in [-0.1, -0.05) is 11.6 Å². The molecular weight excluding hydrogens is 438 g/mol. The van der Waals surface area contributed by atoms with Gasteiger partial charge in [0.1, 0.15) is 16.9 Å². The molecule has 2 aromatic carbocycles. The van der Waals surface area contributed by atoms with Crippen LogP contribution in [0, 0.1) is 11.6 Å². The molecule has 2 amide bonds. The number of halogens is 3. The fourth-order valence-corrected chi connectivity index (χ4v) is 4.77. The molecule has 0 N–H and O–H groups in total. The van der Waals surface area contributed by atoms with Crippen molar-refractivity contribution in [2.75, 3.05) is 26.2 Å². The van der Waals surface area contributed by atoms with Gasteiger partial charge < -0.3 is 9.80 Å². The summed E-state index contributed by atoms with van der Waals surface area (Å²) in [7, 11) is -3.98. The molecule has 1 atom stereocenters. The first-order valence-electron chi connectivity index (χ1n) is 9.14. The SMILES string of the molecule is CC(C(=O)N1CCN(C(=O)c2ccc(F)cc2Cl)CC1)S(=O)(=O)c1ccc(F)cc1. The van der Waals surface area contributed by atoms with Crippen LogP contribution in [0.4, 0.5) is 8.78 Å². The Hall–Kier alpha value is -2.52. The van der Waals surface area contributed by atoms with Crippen LogP contribution in [-0.2, 0) is 14.6 Å². The summed E-state index contributed by atoms with van der Waals surface area (Å²) in [4.78, 5) is 28.0. The highest BCUT2D eigenvalue weighted by Crippen LogP contribution is 2.22. The van der Waals surface area contributed by atoms with Gasteiger partial charge in [-0.15, -0.1) is 0 Å². The molecule has 30 heavy (non-hydrogen) atoms. The van der Waals surface area contributed by atoms with E-state index in [1.54, 1.807) is 0 Å². The number of carbonyl (C=O) groups excluding carboxylic acids is 2. The highest BCUT2D eigenvalue weighted by molar-refractivity contribution is 7.92. The first-order chi connectivity index (χ1) is 14.1. The Bertz CT molecular complexity index is 1070. The summed E-state index contributed by atoms with van der Waals surface area (Å²) in [5.41, 5.74) is 0.157. The van der Waals surface area contributed by atoms with E-state index in [0.29, 0.717) is 0 Å². The molecule has 0 aliphatic carbocycles. The van der Waals surface area contributed by atoms with Gasteiger partial charge in [0.25, 0.3) is 5.91 Å². The van der Waals surface area contributed by atoms with Crippen molar-refractivity contribution in [1.29, 1.82) is 0 Å². The van der Waals surface area contributed by atoms with E-state index in [2.05, 4.69) is 0 Å². The number of piperazine rings is 1. The number of carbonyl (C=O) groups is 2. The van der Waals surface area contributed by atoms with E-state index < -0.39 is 32.6 Å². The van der Waals surface area contributed by atoms with Crippen molar-refractivity contribution in [3.8, 4) is 0 Å². The molecule has 1 saturated heterocycles. The first-order valence-corrected chi connectivity index (χ1v) is 11.1. The van der Waals surface area contributed by atoms with E-state index in [1.165, 1.54) is 22.8 Å². The minimum absolute atomic E-state index is 0.00230. The number of sulfone groups is 1. The molecule has 0 radical (unpaired) electrons. The summed E-state index contributed by atoms with van der Waals surface area (Å²) in [5.74, 6) is -2.11. The predicted molar refractivity (Wildman–Crippen MR) is 107 cm³/mol. The van der Waals surface area contributed by atoms with Gasteiger partial charge in [0.05, 0.1) is 15.5 Å². The second-order valence-corrected chi connectivity index (χ2v) is 9.56. The average Bonchev–Trinajstić information content (AvgIpc) is 2.72. The number of rotatable bonds is 4. The summed E-state index contributed by atoms with van der Waals surface area (Å²) in [6, 6.07) is 7.78. The monoisotopic (exact) mass is 456 g/mol. The van der Waals surface area contributed by atoms with Crippen molar-refractivity contribution < 1.29 is 26.8 Å². The first kappa shape index (κ1) is 22.2. The van der Waals surface area contributed by atoms with Crippen LogP contribution in [0.5, 0.6) is 0 Å². The molecule has 6 nitrogen and oxygen atoms in total. The van der Waals surface area contributed by atoms with E-state index in [-0.39, 0.29) is 47.6 Å². The third kappa shape index (κ3) is 4.46. The topological polar surface area (TPSA) is 74.8 Å². The van der Waals surface area contributed by atoms with E-state index in [4.69, 9.17) is 11.6 Å². The lowest BCUT2D eigenvalue weighted by Gasteiger charge is -2.36. The van der Waals surface area contributed by atoms with Crippen LogP contribution in [0.2, 0.25) is 5.02 Å². The highest BCUT2D eigenvalue weighted by Gasteiger charge is 2.35. The molecule has 160 valence electrons. The van der Waals surface area contributed by atoms with Crippen LogP contribution in [-0.4, -0.2) is 61.5 Å². The molecule has 0 spiro atoms. The number of nitrogens with zero attached hydrogens (tertiary/aromatic N) is 2. The Kier molecular flexibility index (Phi) is 6.42. The van der Waals surface area contributed by atoms with Gasteiger partial charge >= 0.3 is 0 Å². The summed E-state index contributed by atoms with van der Waals surface area (Å²) < 4.78 is 51.6. The molecule has 0 bridgehead atoms. The smallest absolute Gasteiger partial charge is 0.255 e. The van der Waals surface area contributed by atoms with Crippen molar-refractivity contribution >= 4 is 33.3 Å². The number of hydrogen-bond acceptors (Lipinski definition) is 4. The third-order valence-corrected chi connectivity index (χ3v) is 7.37. The fourth-order valence-electron chi connectivity index (χ4n) is 3.18. The van der Waals surface area contributed by atoms with E-state index in [9.17, 15) is 26.8 Å². The minimum Gasteiger partial charge on any atom is -0.338 e. The van der Waals surface area contributed by atoms with Crippen LogP contribution >= 0.6 is 11.6 Å². The van der Waals surface area contributed by atoms with E-state index in [0.717, 1.165) is 36.4 Å². The molecule has 1 aliphatic rings. The van der Waals surface area contributed by atoms with Crippen molar-refractivity contribution in [3.63, 3.8) is 0 Å². The van der Waals surface area contributed by atoms with Gasteiger partial charge in [-0.25, -0.2) is 17.2 Å². The van der Waals surface area contributed by atoms with Crippen molar-refractivity contribution in [3.05, 3.63) is 64.7 Å². The zero-order valence-corrected chi connectivity index (χ0v) is 17.6. The zero-order valence-electron chi connectivity index (χ0n) is 16.0. The highest BCUT2D eigenvalue weighted by atomic mass is 35.5. The second-order valence-electron chi connectivity index (χ2n) is 6.88. The Morgan fingerprint density at radius 2 is 1.47 bits per heavy atom. The summed E-state index contributed by atoms with van der Waals surface area (Å²) in [6.45, 7) is 1.94. The van der Waals surface area contributed by atoms with Gasteiger partial charge in [0, 0.05) is 26.2 Å². The molecule has 3 rings (SSSR count). The minimum atomic E-state index is -3.98. The summed E-state index contributed by atoms with van der Waals surface area (Å²) in [5, 5.41) is -1.35. The average molecular weight is 457 g/mol. The number of benzene rings is 2. The van der Waals surface area contributed by atoms with Gasteiger partial charge in [0.15, 0.2) is 9.84 Å².